The van der Waals surface area contributed by atoms with Crippen LogP contribution in [-0.2, 0) is 10.8 Å². The minimum atomic E-state index is -1.17. The molecule has 0 amide bonds. The highest BCUT2D eigenvalue weighted by Gasteiger charge is 2.64. The lowest BCUT2D eigenvalue weighted by atomic mass is 10.1. The Morgan fingerprint density at radius 2 is 1.54 bits per heavy atom. The van der Waals surface area contributed by atoms with Crippen molar-refractivity contribution in [3.63, 3.8) is 0 Å². The van der Waals surface area contributed by atoms with Crippen LogP contribution in [0.1, 0.15) is 24.1 Å². The Kier molecular flexibility index (Phi) is 4.37. The van der Waals surface area contributed by atoms with E-state index in [9.17, 15) is 4.21 Å². The van der Waals surface area contributed by atoms with Gasteiger partial charge in [0.05, 0.1) is 16.8 Å². The molecule has 1 aliphatic heterocycles. The molecule has 0 radical (unpaired) electrons. The molecule has 0 unspecified atom stereocenters. The molecule has 0 N–H and O–H groups in total. The van der Waals surface area contributed by atoms with Gasteiger partial charge in [-0.05, 0) is 55.8 Å². The first-order chi connectivity index (χ1) is 12.5. The largest absolute Gasteiger partial charge is 0.342 e. The number of aryl methyl sites for hydroxylation is 1. The van der Waals surface area contributed by atoms with Crippen LogP contribution in [0.25, 0.3) is 0 Å². The summed E-state index contributed by atoms with van der Waals surface area (Å²) >= 11 is 6.06. The molecule has 0 spiro atoms. The second-order valence-corrected chi connectivity index (χ2v) is 9.07. The number of hydrogen-bond acceptors (Lipinski definition) is 2. The van der Waals surface area contributed by atoms with Crippen LogP contribution >= 0.6 is 11.6 Å². The van der Waals surface area contributed by atoms with Crippen molar-refractivity contribution >= 4 is 28.1 Å². The maximum atomic E-state index is 13.5. The van der Waals surface area contributed by atoms with E-state index >= 15 is 0 Å². The molecule has 1 fully saturated rings. The first-order valence-electron chi connectivity index (χ1n) is 8.60. The van der Waals surface area contributed by atoms with Crippen molar-refractivity contribution in [3.05, 3.63) is 95.0 Å². The lowest BCUT2D eigenvalue weighted by Crippen LogP contribution is -2.21. The molecule has 0 bridgehead atoms. The van der Waals surface area contributed by atoms with E-state index in [2.05, 4.69) is 24.0 Å². The third kappa shape index (κ3) is 2.85. The van der Waals surface area contributed by atoms with E-state index in [0.717, 1.165) is 16.1 Å². The Bertz CT molecular complexity index is 940. The van der Waals surface area contributed by atoms with Crippen LogP contribution in [0.15, 0.2) is 83.8 Å². The summed E-state index contributed by atoms with van der Waals surface area (Å²) in [6, 6.07) is 26.0. The van der Waals surface area contributed by atoms with Crippen molar-refractivity contribution in [2.24, 2.45) is 0 Å². The molecule has 132 valence electrons. The highest BCUT2D eigenvalue weighted by Crippen LogP contribution is 2.58. The fourth-order valence-electron chi connectivity index (χ4n) is 3.56. The average molecular weight is 382 g/mol. The molecule has 1 saturated heterocycles. The van der Waals surface area contributed by atoms with Gasteiger partial charge in [-0.15, -0.1) is 0 Å². The fraction of sp³-hybridized carbons (Fsp3) is 0.182. The van der Waals surface area contributed by atoms with E-state index in [1.54, 1.807) is 0 Å². The molecule has 3 atom stereocenters. The topological polar surface area (TPSA) is 20.1 Å². The zero-order valence-electron chi connectivity index (χ0n) is 14.7. The summed E-state index contributed by atoms with van der Waals surface area (Å²) in [5, 5.41) is 0.710. The van der Waals surface area contributed by atoms with Crippen molar-refractivity contribution in [2.45, 2.75) is 29.7 Å². The van der Waals surface area contributed by atoms with Crippen LogP contribution in [0.5, 0.6) is 0 Å². The molecule has 1 aliphatic rings. The second-order valence-electron chi connectivity index (χ2n) is 6.80. The quantitative estimate of drug-likeness (QED) is 0.537. The summed E-state index contributed by atoms with van der Waals surface area (Å²) in [4.78, 5) is 2.60. The second kappa shape index (κ2) is 6.57. The van der Waals surface area contributed by atoms with Gasteiger partial charge in [-0.25, -0.2) is 0 Å². The molecule has 0 saturated carbocycles. The van der Waals surface area contributed by atoms with Gasteiger partial charge in [-0.2, -0.15) is 0 Å². The molecular formula is C22H20ClNOS. The highest BCUT2D eigenvalue weighted by molar-refractivity contribution is 7.87. The van der Waals surface area contributed by atoms with E-state index < -0.39 is 15.7 Å². The number of hydrogen-bond donors (Lipinski definition) is 0. The smallest absolute Gasteiger partial charge is 0.143 e. The molecular weight excluding hydrogens is 362 g/mol. The predicted octanol–water partition coefficient (Wildman–Crippen LogP) is 5.73. The molecule has 1 heterocycles. The van der Waals surface area contributed by atoms with Crippen LogP contribution in [0, 0.1) is 6.92 Å². The number of nitrogens with zero attached hydrogens (tertiary/aromatic N) is 1. The molecule has 0 aromatic heterocycles. The Labute approximate surface area is 161 Å². The molecule has 4 rings (SSSR count). The Hall–Kier alpha value is -2.10. The van der Waals surface area contributed by atoms with Crippen LogP contribution in [0.2, 0.25) is 5.02 Å². The summed E-state index contributed by atoms with van der Waals surface area (Å²) in [5.74, 6) is 0. The van der Waals surface area contributed by atoms with Gasteiger partial charge in [0.25, 0.3) is 0 Å². The molecule has 3 aromatic rings. The molecule has 2 nitrogen and oxygen atoms in total. The molecule has 3 aromatic carbocycles. The molecule has 26 heavy (non-hydrogen) atoms. The first kappa shape index (κ1) is 17.3. The summed E-state index contributed by atoms with van der Waals surface area (Å²) in [7, 11) is -1.17. The van der Waals surface area contributed by atoms with Gasteiger partial charge in [-0.3, -0.25) is 4.21 Å². The number of rotatable bonds is 4. The van der Waals surface area contributed by atoms with Crippen LogP contribution in [0.4, 0.5) is 5.69 Å². The SMILES string of the molecule is Cc1ccc([S@](=O)[C@]2(C)[C@@H](c3ccc(Cl)cc3)N2c2ccccc2)cc1. The Balaban J connectivity index is 1.76. The van der Waals surface area contributed by atoms with E-state index in [1.165, 1.54) is 5.56 Å². The lowest BCUT2D eigenvalue weighted by molar-refractivity contribution is 0.670. The van der Waals surface area contributed by atoms with Crippen molar-refractivity contribution in [3.8, 4) is 0 Å². The Morgan fingerprint density at radius 1 is 0.923 bits per heavy atom. The van der Waals surface area contributed by atoms with Crippen molar-refractivity contribution in [1.82, 2.24) is 0 Å². The van der Waals surface area contributed by atoms with Gasteiger partial charge in [0, 0.05) is 15.6 Å². The van der Waals surface area contributed by atoms with Crippen LogP contribution in [0.3, 0.4) is 0 Å². The van der Waals surface area contributed by atoms with Gasteiger partial charge >= 0.3 is 0 Å². The summed E-state index contributed by atoms with van der Waals surface area (Å²) in [5.41, 5.74) is 3.37. The summed E-state index contributed by atoms with van der Waals surface area (Å²) < 4.78 is 13.5. The Morgan fingerprint density at radius 3 is 2.15 bits per heavy atom. The molecule has 0 aliphatic carbocycles. The standard InChI is InChI=1S/C22H20ClNOS/c1-16-8-14-20(15-9-16)26(25)22(2)21(17-10-12-18(23)13-11-17)24(22)19-6-4-3-5-7-19/h3-15,21H,1-2H3/t21-,22-,24?,26+/m1/s1. The first-order valence-corrected chi connectivity index (χ1v) is 10.1. The number of para-hydroxylation sites is 1. The lowest BCUT2D eigenvalue weighted by Gasteiger charge is -2.13. The van der Waals surface area contributed by atoms with E-state index in [0.29, 0.717) is 5.02 Å². The van der Waals surface area contributed by atoms with Crippen LogP contribution < -0.4 is 4.90 Å². The summed E-state index contributed by atoms with van der Waals surface area (Å²) in [6.07, 6.45) is 0. The van der Waals surface area contributed by atoms with E-state index in [-0.39, 0.29) is 6.04 Å². The van der Waals surface area contributed by atoms with E-state index in [4.69, 9.17) is 11.6 Å². The van der Waals surface area contributed by atoms with Crippen molar-refractivity contribution in [2.75, 3.05) is 4.90 Å². The van der Waals surface area contributed by atoms with Gasteiger partial charge in [0.2, 0.25) is 0 Å². The van der Waals surface area contributed by atoms with Gasteiger partial charge < -0.3 is 4.90 Å². The number of anilines is 1. The fourth-order valence-corrected chi connectivity index (χ4v) is 5.33. The minimum absolute atomic E-state index is 0.0457. The molecule has 4 heteroatoms. The van der Waals surface area contributed by atoms with Crippen LogP contribution in [-0.4, -0.2) is 9.08 Å². The van der Waals surface area contributed by atoms with Gasteiger partial charge in [0.15, 0.2) is 0 Å². The summed E-state index contributed by atoms with van der Waals surface area (Å²) in [6.45, 7) is 4.12. The monoisotopic (exact) mass is 381 g/mol. The zero-order valence-corrected chi connectivity index (χ0v) is 16.3. The minimum Gasteiger partial charge on any atom is -0.342 e. The maximum Gasteiger partial charge on any atom is 0.143 e. The normalized spacial score (nSPS) is 22.9. The van der Waals surface area contributed by atoms with Gasteiger partial charge in [-0.1, -0.05) is 59.6 Å². The van der Waals surface area contributed by atoms with E-state index in [1.807, 2.05) is 73.7 Å². The number of halogens is 1. The zero-order chi connectivity index (χ0) is 18.3. The maximum absolute atomic E-state index is 13.5. The third-order valence-electron chi connectivity index (χ3n) is 5.01. The average Bonchev–Trinajstić information content (AvgIpc) is 3.30. The van der Waals surface area contributed by atoms with Crippen molar-refractivity contribution in [1.29, 1.82) is 0 Å². The van der Waals surface area contributed by atoms with Gasteiger partial charge in [0.1, 0.15) is 4.87 Å². The van der Waals surface area contributed by atoms with Crippen molar-refractivity contribution < 1.29 is 4.21 Å². The predicted molar refractivity (Wildman–Crippen MR) is 109 cm³/mol. The highest BCUT2D eigenvalue weighted by atomic mass is 35.5. The third-order valence-corrected chi connectivity index (χ3v) is 7.13. The number of benzene rings is 3.